The maximum Gasteiger partial charge on any atom is 0.223 e. The van der Waals surface area contributed by atoms with Crippen LogP contribution in [0.5, 0.6) is 0 Å². The van der Waals surface area contributed by atoms with Crippen LogP contribution in [0.2, 0.25) is 0 Å². The molecule has 2 rings (SSSR count). The second kappa shape index (κ2) is 8.72. The highest BCUT2D eigenvalue weighted by Gasteiger charge is 2.21. The van der Waals surface area contributed by atoms with Gasteiger partial charge in [0.2, 0.25) is 5.91 Å². The normalized spacial score (nSPS) is 15.7. The number of pyridine rings is 1. The molecule has 114 valence electrons. The lowest BCUT2D eigenvalue weighted by Gasteiger charge is -2.35. The largest absolute Gasteiger partial charge is 0.353 e. The second-order valence-electron chi connectivity index (χ2n) is 4.95. The van der Waals surface area contributed by atoms with Crippen LogP contribution in [0.15, 0.2) is 36.5 Å². The second-order valence-corrected chi connectivity index (χ2v) is 6.10. The Morgan fingerprint density at radius 3 is 2.81 bits per heavy atom. The number of carbonyl (C=O) groups excluding carboxylic acids is 1. The van der Waals surface area contributed by atoms with Crippen molar-refractivity contribution >= 4 is 23.5 Å². The minimum absolute atomic E-state index is 0.281. The van der Waals surface area contributed by atoms with Crippen molar-refractivity contribution in [3.63, 3.8) is 0 Å². The maximum absolute atomic E-state index is 12.1. The number of piperazine rings is 1. The predicted molar refractivity (Wildman–Crippen MR) is 89.8 cm³/mol. The van der Waals surface area contributed by atoms with Crippen molar-refractivity contribution in [2.75, 3.05) is 42.6 Å². The third-order valence-electron chi connectivity index (χ3n) is 3.52. The van der Waals surface area contributed by atoms with E-state index in [-0.39, 0.29) is 5.91 Å². The summed E-state index contributed by atoms with van der Waals surface area (Å²) in [5.41, 5.74) is 0. The van der Waals surface area contributed by atoms with Crippen molar-refractivity contribution in [2.45, 2.75) is 13.3 Å². The molecule has 1 aliphatic heterocycles. The smallest absolute Gasteiger partial charge is 0.223 e. The van der Waals surface area contributed by atoms with Crippen LogP contribution in [0.1, 0.15) is 13.3 Å². The van der Waals surface area contributed by atoms with E-state index in [9.17, 15) is 4.79 Å². The van der Waals surface area contributed by atoms with Crippen molar-refractivity contribution in [3.8, 4) is 0 Å². The molecule has 0 aliphatic carbocycles. The first kappa shape index (κ1) is 15.9. The highest BCUT2D eigenvalue weighted by atomic mass is 32.2. The standard InChI is InChI=1S/C16H23N3OS/c1-2-3-13-21-14-7-16(20)19-11-9-18(10-12-19)15-6-4-5-8-17-15/h2-6,8H,7,9-14H2,1H3/b3-2+. The van der Waals surface area contributed by atoms with E-state index in [0.29, 0.717) is 6.42 Å². The van der Waals surface area contributed by atoms with Crippen molar-refractivity contribution < 1.29 is 4.79 Å². The summed E-state index contributed by atoms with van der Waals surface area (Å²) in [6, 6.07) is 5.95. The van der Waals surface area contributed by atoms with Gasteiger partial charge in [-0.05, 0) is 19.1 Å². The van der Waals surface area contributed by atoms with E-state index in [0.717, 1.165) is 43.5 Å². The van der Waals surface area contributed by atoms with Crippen LogP contribution in [0, 0.1) is 0 Å². The lowest BCUT2D eigenvalue weighted by Crippen LogP contribution is -2.49. The molecule has 0 aromatic carbocycles. The van der Waals surface area contributed by atoms with Gasteiger partial charge >= 0.3 is 0 Å². The van der Waals surface area contributed by atoms with Gasteiger partial charge in [-0.2, -0.15) is 11.8 Å². The zero-order chi connectivity index (χ0) is 14.9. The van der Waals surface area contributed by atoms with Crippen LogP contribution in [0.25, 0.3) is 0 Å². The van der Waals surface area contributed by atoms with Crippen molar-refractivity contribution in [1.29, 1.82) is 0 Å². The molecule has 0 atom stereocenters. The number of hydrogen-bond acceptors (Lipinski definition) is 4. The Morgan fingerprint density at radius 2 is 2.14 bits per heavy atom. The monoisotopic (exact) mass is 305 g/mol. The molecule has 1 aromatic rings. The Hall–Kier alpha value is -1.49. The van der Waals surface area contributed by atoms with Gasteiger partial charge in [0.15, 0.2) is 0 Å². The van der Waals surface area contributed by atoms with E-state index in [4.69, 9.17) is 0 Å². The third kappa shape index (κ3) is 5.08. The molecule has 0 unspecified atom stereocenters. The molecule has 0 bridgehead atoms. The predicted octanol–water partition coefficient (Wildman–Crippen LogP) is 2.43. The van der Waals surface area contributed by atoms with Crippen LogP contribution in [0.4, 0.5) is 5.82 Å². The van der Waals surface area contributed by atoms with Gasteiger partial charge in [0, 0.05) is 50.3 Å². The number of thioether (sulfide) groups is 1. The van der Waals surface area contributed by atoms with Gasteiger partial charge in [0.05, 0.1) is 0 Å². The molecule has 2 heterocycles. The van der Waals surface area contributed by atoms with Gasteiger partial charge in [-0.25, -0.2) is 4.98 Å². The molecule has 4 nitrogen and oxygen atoms in total. The SMILES string of the molecule is C/C=C/CSCCC(=O)N1CCN(c2ccccn2)CC1. The molecule has 0 N–H and O–H groups in total. The lowest BCUT2D eigenvalue weighted by atomic mass is 10.3. The average Bonchev–Trinajstić information content (AvgIpc) is 2.55. The summed E-state index contributed by atoms with van der Waals surface area (Å²) in [6.07, 6.45) is 6.63. The molecule has 1 amide bonds. The van der Waals surface area contributed by atoms with E-state index < -0.39 is 0 Å². The molecule has 21 heavy (non-hydrogen) atoms. The number of amides is 1. The van der Waals surface area contributed by atoms with Crippen molar-refractivity contribution in [1.82, 2.24) is 9.88 Å². The Bertz CT molecular complexity index is 456. The fraction of sp³-hybridized carbons (Fsp3) is 0.500. The highest BCUT2D eigenvalue weighted by Crippen LogP contribution is 2.13. The summed E-state index contributed by atoms with van der Waals surface area (Å²) in [7, 11) is 0. The number of anilines is 1. The van der Waals surface area contributed by atoms with E-state index in [2.05, 4.69) is 16.0 Å². The van der Waals surface area contributed by atoms with Gasteiger partial charge in [-0.1, -0.05) is 18.2 Å². The molecule has 1 fully saturated rings. The zero-order valence-corrected chi connectivity index (χ0v) is 13.4. The topological polar surface area (TPSA) is 36.4 Å². The summed E-state index contributed by atoms with van der Waals surface area (Å²) >= 11 is 1.81. The number of aromatic nitrogens is 1. The summed E-state index contributed by atoms with van der Waals surface area (Å²) in [6.45, 7) is 5.36. The lowest BCUT2D eigenvalue weighted by molar-refractivity contribution is -0.131. The fourth-order valence-electron chi connectivity index (χ4n) is 2.29. The molecule has 0 spiro atoms. The molecule has 1 saturated heterocycles. The molecule has 1 aliphatic rings. The average molecular weight is 305 g/mol. The first-order valence-corrected chi connectivity index (χ1v) is 8.59. The van der Waals surface area contributed by atoms with Crippen LogP contribution in [-0.2, 0) is 4.79 Å². The molecular formula is C16H23N3OS. The van der Waals surface area contributed by atoms with Crippen LogP contribution >= 0.6 is 11.8 Å². The molecule has 0 radical (unpaired) electrons. The van der Waals surface area contributed by atoms with E-state index in [1.165, 1.54) is 0 Å². The third-order valence-corrected chi connectivity index (χ3v) is 4.44. The van der Waals surface area contributed by atoms with Crippen molar-refractivity contribution in [3.05, 3.63) is 36.5 Å². The van der Waals surface area contributed by atoms with Crippen LogP contribution in [-0.4, -0.2) is 53.5 Å². The van der Waals surface area contributed by atoms with E-state index in [1.54, 1.807) is 0 Å². The molecule has 5 heteroatoms. The first-order valence-electron chi connectivity index (χ1n) is 7.44. The van der Waals surface area contributed by atoms with Gasteiger partial charge in [-0.3, -0.25) is 4.79 Å². The van der Waals surface area contributed by atoms with E-state index >= 15 is 0 Å². The summed E-state index contributed by atoms with van der Waals surface area (Å²) < 4.78 is 0. The molecule has 0 saturated carbocycles. The Labute approximate surface area is 131 Å². The Balaban J connectivity index is 1.70. The van der Waals surface area contributed by atoms with Gasteiger partial charge in [0.25, 0.3) is 0 Å². The molecular weight excluding hydrogens is 282 g/mol. The maximum atomic E-state index is 12.1. The summed E-state index contributed by atoms with van der Waals surface area (Å²) in [5.74, 6) is 3.19. The van der Waals surface area contributed by atoms with Gasteiger partial charge < -0.3 is 9.80 Å². The summed E-state index contributed by atoms with van der Waals surface area (Å²) in [4.78, 5) is 20.7. The fourth-order valence-corrected chi connectivity index (χ4v) is 3.11. The first-order chi connectivity index (χ1) is 10.3. The number of carbonyl (C=O) groups is 1. The summed E-state index contributed by atoms with van der Waals surface area (Å²) in [5, 5.41) is 0. The minimum atomic E-state index is 0.281. The van der Waals surface area contributed by atoms with Crippen LogP contribution < -0.4 is 4.90 Å². The van der Waals surface area contributed by atoms with Crippen molar-refractivity contribution in [2.24, 2.45) is 0 Å². The zero-order valence-electron chi connectivity index (χ0n) is 12.6. The van der Waals surface area contributed by atoms with E-state index in [1.807, 2.05) is 54.1 Å². The van der Waals surface area contributed by atoms with Gasteiger partial charge in [0.1, 0.15) is 5.82 Å². The van der Waals surface area contributed by atoms with Gasteiger partial charge in [-0.15, -0.1) is 0 Å². The number of hydrogen-bond donors (Lipinski definition) is 0. The Kier molecular flexibility index (Phi) is 6.60. The van der Waals surface area contributed by atoms with Crippen LogP contribution in [0.3, 0.4) is 0 Å². The minimum Gasteiger partial charge on any atom is -0.353 e. The Morgan fingerprint density at radius 1 is 1.33 bits per heavy atom. The number of nitrogens with zero attached hydrogens (tertiary/aromatic N) is 3. The number of rotatable bonds is 6. The number of allylic oxidation sites excluding steroid dienone is 1. The quantitative estimate of drug-likeness (QED) is 0.597. The molecule has 1 aromatic heterocycles. The highest BCUT2D eigenvalue weighted by molar-refractivity contribution is 7.99.